The highest BCUT2D eigenvalue weighted by molar-refractivity contribution is 7.16. The Morgan fingerprint density at radius 2 is 2.11 bits per heavy atom. The van der Waals surface area contributed by atoms with Crippen LogP contribution >= 0.6 is 11.3 Å². The molecule has 0 atom stereocenters. The van der Waals surface area contributed by atoms with Crippen molar-refractivity contribution in [3.63, 3.8) is 0 Å². The van der Waals surface area contributed by atoms with Gasteiger partial charge in [0.05, 0.1) is 5.39 Å². The van der Waals surface area contributed by atoms with E-state index in [4.69, 9.17) is 5.84 Å². The van der Waals surface area contributed by atoms with Gasteiger partial charge in [0.2, 0.25) is 5.95 Å². The van der Waals surface area contributed by atoms with Crippen LogP contribution in [0, 0.1) is 5.41 Å². The number of hydrogen-bond acceptors (Lipinski definition) is 6. The summed E-state index contributed by atoms with van der Waals surface area (Å²) in [6, 6.07) is 2.03. The first kappa shape index (κ1) is 13.0. The Balaban J connectivity index is 2.18. The Kier molecular flexibility index (Phi) is 3.68. The minimum absolute atomic E-state index is 0.308. The molecule has 6 heteroatoms. The second kappa shape index (κ2) is 5.07. The zero-order chi connectivity index (χ0) is 13.2. The van der Waals surface area contributed by atoms with Gasteiger partial charge in [-0.05, 0) is 23.3 Å². The molecule has 2 aromatic rings. The first-order valence-electron chi connectivity index (χ1n) is 5.95. The van der Waals surface area contributed by atoms with Gasteiger partial charge >= 0.3 is 0 Å². The van der Waals surface area contributed by atoms with Crippen LogP contribution in [-0.4, -0.2) is 16.5 Å². The number of fused-ring (bicyclic) bond motifs is 1. The first-order chi connectivity index (χ1) is 8.49. The second-order valence-electron chi connectivity index (χ2n) is 5.42. The summed E-state index contributed by atoms with van der Waals surface area (Å²) in [6.07, 6.45) is 1.08. The lowest BCUT2D eigenvalue weighted by molar-refractivity contribution is 0.389. The third-order valence-electron chi connectivity index (χ3n) is 2.62. The van der Waals surface area contributed by atoms with Crippen LogP contribution in [0.2, 0.25) is 0 Å². The van der Waals surface area contributed by atoms with E-state index in [2.05, 4.69) is 41.5 Å². The van der Waals surface area contributed by atoms with Crippen molar-refractivity contribution in [2.24, 2.45) is 11.3 Å². The van der Waals surface area contributed by atoms with Gasteiger partial charge in [-0.2, -0.15) is 4.98 Å². The zero-order valence-corrected chi connectivity index (χ0v) is 11.8. The van der Waals surface area contributed by atoms with Gasteiger partial charge in [0.15, 0.2) is 0 Å². The van der Waals surface area contributed by atoms with Crippen molar-refractivity contribution in [3.8, 4) is 0 Å². The molecular formula is C12H19N5S. The molecule has 0 amide bonds. The third kappa shape index (κ3) is 3.08. The smallest absolute Gasteiger partial charge is 0.240 e. The third-order valence-corrected chi connectivity index (χ3v) is 3.43. The normalized spacial score (nSPS) is 11.8. The molecule has 0 spiro atoms. The van der Waals surface area contributed by atoms with Crippen molar-refractivity contribution in [1.82, 2.24) is 9.97 Å². The number of nitrogens with zero attached hydrogens (tertiary/aromatic N) is 2. The van der Waals surface area contributed by atoms with Gasteiger partial charge in [-0.3, -0.25) is 5.43 Å². The molecule has 0 fully saturated rings. The highest BCUT2D eigenvalue weighted by Crippen LogP contribution is 2.27. The molecule has 18 heavy (non-hydrogen) atoms. The lowest BCUT2D eigenvalue weighted by Crippen LogP contribution is -2.15. The minimum atomic E-state index is 0.308. The summed E-state index contributed by atoms with van der Waals surface area (Å²) >= 11 is 1.58. The molecule has 0 aliphatic rings. The fourth-order valence-corrected chi connectivity index (χ4v) is 2.37. The van der Waals surface area contributed by atoms with Crippen molar-refractivity contribution < 1.29 is 0 Å². The molecule has 0 saturated heterocycles. The number of rotatable bonds is 4. The summed E-state index contributed by atoms with van der Waals surface area (Å²) in [7, 11) is 0. The van der Waals surface area contributed by atoms with Crippen molar-refractivity contribution in [2.75, 3.05) is 17.3 Å². The Hall–Kier alpha value is -1.40. The van der Waals surface area contributed by atoms with Crippen LogP contribution in [0.3, 0.4) is 0 Å². The molecular weight excluding hydrogens is 246 g/mol. The molecule has 2 aromatic heterocycles. The highest BCUT2D eigenvalue weighted by Gasteiger charge is 2.11. The van der Waals surface area contributed by atoms with Gasteiger partial charge in [-0.15, -0.1) is 11.3 Å². The molecule has 2 heterocycles. The molecule has 0 saturated carbocycles. The molecule has 4 N–H and O–H groups in total. The zero-order valence-electron chi connectivity index (χ0n) is 10.9. The second-order valence-corrected chi connectivity index (χ2v) is 6.31. The van der Waals surface area contributed by atoms with Crippen LogP contribution in [-0.2, 0) is 0 Å². The Morgan fingerprint density at radius 1 is 1.33 bits per heavy atom. The maximum Gasteiger partial charge on any atom is 0.240 e. The average molecular weight is 265 g/mol. The number of aromatic nitrogens is 2. The quantitative estimate of drug-likeness (QED) is 0.585. The molecule has 0 aliphatic carbocycles. The molecule has 0 radical (unpaired) electrons. The van der Waals surface area contributed by atoms with E-state index in [1.54, 1.807) is 11.3 Å². The van der Waals surface area contributed by atoms with E-state index in [-0.39, 0.29) is 0 Å². The van der Waals surface area contributed by atoms with E-state index < -0.39 is 0 Å². The predicted molar refractivity (Wildman–Crippen MR) is 77.8 cm³/mol. The molecule has 0 aliphatic heterocycles. The lowest BCUT2D eigenvalue weighted by atomic mass is 9.92. The molecule has 0 unspecified atom stereocenters. The van der Waals surface area contributed by atoms with E-state index >= 15 is 0 Å². The van der Waals surface area contributed by atoms with Gasteiger partial charge in [0.25, 0.3) is 0 Å². The van der Waals surface area contributed by atoms with Gasteiger partial charge in [0.1, 0.15) is 10.6 Å². The van der Waals surface area contributed by atoms with Crippen LogP contribution in [0.1, 0.15) is 27.2 Å². The Morgan fingerprint density at radius 3 is 2.78 bits per heavy atom. The molecule has 0 aromatic carbocycles. The SMILES string of the molecule is CC(C)(C)CCNc1nc(NN)nc2sccc12. The maximum atomic E-state index is 5.38. The predicted octanol–water partition coefficient (Wildman–Crippen LogP) is 2.83. The average Bonchev–Trinajstić information content (AvgIpc) is 2.75. The number of thiophene rings is 1. The topological polar surface area (TPSA) is 75.9 Å². The van der Waals surface area contributed by atoms with Crippen molar-refractivity contribution in [2.45, 2.75) is 27.2 Å². The number of nitrogens with two attached hydrogens (primary N) is 1. The van der Waals surface area contributed by atoms with Gasteiger partial charge in [-0.25, -0.2) is 10.8 Å². The Bertz CT molecular complexity index is 529. The van der Waals surface area contributed by atoms with Gasteiger partial charge in [0, 0.05) is 6.54 Å². The number of nitrogens with one attached hydrogen (secondary N) is 2. The van der Waals surface area contributed by atoms with E-state index in [0.717, 1.165) is 29.0 Å². The standard InChI is InChI=1S/C12H19N5S/c1-12(2,3)5-6-14-9-8-4-7-18-10(8)16-11(15-9)17-13/h4,7H,5-6,13H2,1-3H3,(H2,14,15,16,17). The van der Waals surface area contributed by atoms with Crippen molar-refractivity contribution in [3.05, 3.63) is 11.4 Å². The summed E-state index contributed by atoms with van der Waals surface area (Å²) in [5.41, 5.74) is 2.81. The van der Waals surface area contributed by atoms with E-state index in [9.17, 15) is 0 Å². The number of hydrazine groups is 1. The summed E-state index contributed by atoms with van der Waals surface area (Å²) in [6.45, 7) is 7.56. The minimum Gasteiger partial charge on any atom is -0.369 e. The van der Waals surface area contributed by atoms with Crippen LogP contribution in [0.4, 0.5) is 11.8 Å². The van der Waals surface area contributed by atoms with E-state index in [1.165, 1.54) is 0 Å². The van der Waals surface area contributed by atoms with E-state index in [1.807, 2.05) is 11.4 Å². The highest BCUT2D eigenvalue weighted by atomic mass is 32.1. The van der Waals surface area contributed by atoms with Crippen molar-refractivity contribution >= 4 is 33.3 Å². The summed E-state index contributed by atoms with van der Waals surface area (Å²) in [4.78, 5) is 9.60. The Labute approximate surface area is 111 Å². The van der Waals surface area contributed by atoms with Gasteiger partial charge in [-0.1, -0.05) is 20.8 Å². The number of anilines is 2. The van der Waals surface area contributed by atoms with Crippen LogP contribution in [0.5, 0.6) is 0 Å². The van der Waals surface area contributed by atoms with Crippen LogP contribution in [0.15, 0.2) is 11.4 Å². The molecule has 5 nitrogen and oxygen atoms in total. The van der Waals surface area contributed by atoms with Crippen LogP contribution in [0.25, 0.3) is 10.2 Å². The van der Waals surface area contributed by atoms with Gasteiger partial charge < -0.3 is 5.32 Å². The van der Waals surface area contributed by atoms with Crippen LogP contribution < -0.4 is 16.6 Å². The summed E-state index contributed by atoms with van der Waals surface area (Å²) < 4.78 is 0. The molecule has 98 valence electrons. The largest absolute Gasteiger partial charge is 0.369 e. The fourth-order valence-electron chi connectivity index (χ4n) is 1.61. The fraction of sp³-hybridized carbons (Fsp3) is 0.500. The van der Waals surface area contributed by atoms with Crippen molar-refractivity contribution in [1.29, 1.82) is 0 Å². The summed E-state index contributed by atoms with van der Waals surface area (Å²) in [5, 5.41) is 6.42. The molecule has 0 bridgehead atoms. The molecule has 2 rings (SSSR count). The number of nitrogen functional groups attached to an aromatic ring is 1. The summed E-state index contributed by atoms with van der Waals surface area (Å²) in [5.74, 6) is 6.67. The lowest BCUT2D eigenvalue weighted by Gasteiger charge is -2.18. The monoisotopic (exact) mass is 265 g/mol. The first-order valence-corrected chi connectivity index (χ1v) is 6.83. The number of hydrogen-bond donors (Lipinski definition) is 3. The van der Waals surface area contributed by atoms with E-state index in [0.29, 0.717) is 11.4 Å². The maximum absolute atomic E-state index is 5.38.